The topological polar surface area (TPSA) is 66.8 Å². The number of amides is 1. The van der Waals surface area contributed by atoms with E-state index in [0.29, 0.717) is 19.6 Å². The lowest BCUT2D eigenvalue weighted by atomic mass is 9.91. The summed E-state index contributed by atoms with van der Waals surface area (Å²) in [4.78, 5) is 25.8. The Morgan fingerprint density at radius 3 is 2.76 bits per heavy atom. The van der Waals surface area contributed by atoms with Crippen molar-refractivity contribution in [3.8, 4) is 0 Å². The lowest BCUT2D eigenvalue weighted by molar-refractivity contribution is -0.156. The summed E-state index contributed by atoms with van der Waals surface area (Å²) in [6.45, 7) is 2.97. The second-order valence-electron chi connectivity index (χ2n) is 5.78. The number of hydrogen-bond acceptors (Lipinski definition) is 3. The van der Waals surface area contributed by atoms with E-state index >= 15 is 0 Å². The van der Waals surface area contributed by atoms with E-state index in [-0.39, 0.29) is 11.8 Å². The number of ether oxygens (including phenoxy) is 1. The van der Waals surface area contributed by atoms with Crippen LogP contribution in [0.15, 0.2) is 24.3 Å². The number of fused-ring (bicyclic) bond motifs is 1. The highest BCUT2D eigenvalue weighted by molar-refractivity contribution is 5.88. The molecule has 2 heterocycles. The Hall–Kier alpha value is -1.88. The van der Waals surface area contributed by atoms with Crippen LogP contribution in [0, 0.1) is 5.92 Å². The maximum Gasteiger partial charge on any atom is 0.331 e. The Labute approximate surface area is 123 Å². The highest BCUT2D eigenvalue weighted by atomic mass is 16.5. The lowest BCUT2D eigenvalue weighted by Gasteiger charge is -2.36. The number of nitrogens with zero attached hydrogens (tertiary/aromatic N) is 1. The largest absolute Gasteiger partial charge is 0.479 e. The van der Waals surface area contributed by atoms with E-state index in [9.17, 15) is 14.7 Å². The van der Waals surface area contributed by atoms with Crippen molar-refractivity contribution in [1.82, 2.24) is 4.90 Å². The molecule has 0 saturated carbocycles. The third-order valence-corrected chi connectivity index (χ3v) is 4.43. The van der Waals surface area contributed by atoms with E-state index in [0.717, 1.165) is 17.5 Å². The molecule has 1 amide bonds. The molecule has 3 atom stereocenters. The van der Waals surface area contributed by atoms with Gasteiger partial charge in [0.25, 0.3) is 5.91 Å². The number of benzene rings is 1. The van der Waals surface area contributed by atoms with Gasteiger partial charge in [0.05, 0.1) is 0 Å². The Kier molecular flexibility index (Phi) is 3.68. The van der Waals surface area contributed by atoms with Gasteiger partial charge in [0.2, 0.25) is 0 Å². The van der Waals surface area contributed by atoms with E-state index in [1.165, 1.54) is 4.90 Å². The van der Waals surface area contributed by atoms with Crippen LogP contribution in [0.2, 0.25) is 0 Å². The zero-order valence-electron chi connectivity index (χ0n) is 12.0. The van der Waals surface area contributed by atoms with Crippen LogP contribution in [0.4, 0.5) is 0 Å². The first-order valence-corrected chi connectivity index (χ1v) is 7.32. The molecule has 1 saturated heterocycles. The molecule has 21 heavy (non-hydrogen) atoms. The van der Waals surface area contributed by atoms with Crippen molar-refractivity contribution in [2.75, 3.05) is 13.2 Å². The highest BCUT2D eigenvalue weighted by Gasteiger charge is 2.41. The normalized spacial score (nSPS) is 28.2. The molecular weight excluding hydrogens is 270 g/mol. The Balaban J connectivity index is 1.92. The predicted molar refractivity (Wildman–Crippen MR) is 75.8 cm³/mol. The Bertz CT molecular complexity index is 571. The first-order valence-electron chi connectivity index (χ1n) is 7.32. The van der Waals surface area contributed by atoms with Crippen LogP contribution in [0.1, 0.15) is 30.5 Å². The fourth-order valence-electron chi connectivity index (χ4n) is 3.24. The molecule has 1 fully saturated rings. The van der Waals surface area contributed by atoms with Gasteiger partial charge in [-0.2, -0.15) is 0 Å². The summed E-state index contributed by atoms with van der Waals surface area (Å²) in [5.41, 5.74) is 1.73. The van der Waals surface area contributed by atoms with Gasteiger partial charge in [0.1, 0.15) is 6.10 Å². The molecule has 5 heteroatoms. The molecule has 5 nitrogen and oxygen atoms in total. The van der Waals surface area contributed by atoms with Crippen molar-refractivity contribution in [2.45, 2.75) is 31.9 Å². The molecular formula is C16H19NO4. The van der Waals surface area contributed by atoms with Gasteiger partial charge in [0, 0.05) is 13.2 Å². The summed E-state index contributed by atoms with van der Waals surface area (Å²) in [5.74, 6) is -1.04. The van der Waals surface area contributed by atoms with Crippen LogP contribution in [-0.2, 0) is 20.7 Å². The van der Waals surface area contributed by atoms with Crippen molar-refractivity contribution >= 4 is 11.9 Å². The number of rotatable bonds is 2. The third-order valence-electron chi connectivity index (χ3n) is 4.43. The van der Waals surface area contributed by atoms with E-state index < -0.39 is 18.1 Å². The summed E-state index contributed by atoms with van der Waals surface area (Å²) in [5, 5.41) is 9.58. The number of aliphatic carboxylic acids is 1. The number of carboxylic acid groups (broad SMARTS) is 1. The SMILES string of the molecule is CC1CCOC1C(=O)N1CCc2ccccc2C1C(=O)O. The molecule has 1 aromatic carbocycles. The second kappa shape index (κ2) is 5.48. The summed E-state index contributed by atoms with van der Waals surface area (Å²) >= 11 is 0. The van der Waals surface area contributed by atoms with Crippen LogP contribution < -0.4 is 0 Å². The molecule has 0 aromatic heterocycles. The van der Waals surface area contributed by atoms with Crippen molar-refractivity contribution < 1.29 is 19.4 Å². The monoisotopic (exact) mass is 289 g/mol. The van der Waals surface area contributed by atoms with Crippen molar-refractivity contribution in [3.05, 3.63) is 35.4 Å². The fraction of sp³-hybridized carbons (Fsp3) is 0.500. The third kappa shape index (κ3) is 2.42. The molecule has 0 aliphatic carbocycles. The van der Waals surface area contributed by atoms with Gasteiger partial charge in [-0.25, -0.2) is 4.79 Å². The van der Waals surface area contributed by atoms with Crippen LogP contribution in [0.3, 0.4) is 0 Å². The van der Waals surface area contributed by atoms with Crippen LogP contribution in [0.5, 0.6) is 0 Å². The average Bonchev–Trinajstić information content (AvgIpc) is 2.91. The van der Waals surface area contributed by atoms with E-state index in [1.54, 1.807) is 6.07 Å². The maximum absolute atomic E-state index is 12.7. The van der Waals surface area contributed by atoms with Gasteiger partial charge in [0.15, 0.2) is 6.04 Å². The van der Waals surface area contributed by atoms with Crippen molar-refractivity contribution in [3.63, 3.8) is 0 Å². The minimum Gasteiger partial charge on any atom is -0.479 e. The molecule has 3 rings (SSSR count). The van der Waals surface area contributed by atoms with Gasteiger partial charge in [-0.15, -0.1) is 0 Å². The molecule has 0 radical (unpaired) electrons. The summed E-state index contributed by atoms with van der Waals surface area (Å²) < 4.78 is 5.51. The predicted octanol–water partition coefficient (Wildman–Crippen LogP) is 1.62. The second-order valence-corrected chi connectivity index (χ2v) is 5.78. The molecule has 2 aliphatic rings. The fourth-order valence-corrected chi connectivity index (χ4v) is 3.24. The lowest BCUT2D eigenvalue weighted by Crippen LogP contribution is -2.48. The van der Waals surface area contributed by atoms with E-state index in [2.05, 4.69) is 0 Å². The van der Waals surface area contributed by atoms with Crippen LogP contribution in [-0.4, -0.2) is 41.1 Å². The highest BCUT2D eigenvalue weighted by Crippen LogP contribution is 2.32. The number of hydrogen-bond donors (Lipinski definition) is 1. The summed E-state index contributed by atoms with van der Waals surface area (Å²) in [6, 6.07) is 6.54. The van der Waals surface area contributed by atoms with Crippen molar-refractivity contribution in [1.29, 1.82) is 0 Å². The molecule has 1 aromatic rings. The smallest absolute Gasteiger partial charge is 0.331 e. The van der Waals surface area contributed by atoms with Gasteiger partial charge >= 0.3 is 5.97 Å². The number of carbonyl (C=O) groups excluding carboxylic acids is 1. The standard InChI is InChI=1S/C16H19NO4/c1-10-7-9-21-14(10)15(18)17-8-6-11-4-2-3-5-12(11)13(17)16(19)20/h2-5,10,13-14H,6-9H2,1H3,(H,19,20). The van der Waals surface area contributed by atoms with E-state index in [4.69, 9.17) is 4.74 Å². The van der Waals surface area contributed by atoms with Crippen molar-refractivity contribution in [2.24, 2.45) is 5.92 Å². The zero-order chi connectivity index (χ0) is 15.0. The number of carbonyl (C=O) groups is 2. The minimum absolute atomic E-state index is 0.143. The molecule has 1 N–H and O–H groups in total. The summed E-state index contributed by atoms with van der Waals surface area (Å²) in [6.07, 6.45) is 1.03. The van der Waals surface area contributed by atoms with Gasteiger partial charge in [-0.1, -0.05) is 31.2 Å². The Morgan fingerprint density at radius 1 is 1.33 bits per heavy atom. The maximum atomic E-state index is 12.7. The summed E-state index contributed by atoms with van der Waals surface area (Å²) in [7, 11) is 0. The first-order chi connectivity index (χ1) is 10.1. The van der Waals surface area contributed by atoms with Gasteiger partial charge in [-0.05, 0) is 29.9 Å². The zero-order valence-corrected chi connectivity index (χ0v) is 12.0. The van der Waals surface area contributed by atoms with Crippen LogP contribution >= 0.6 is 0 Å². The van der Waals surface area contributed by atoms with Gasteiger partial charge in [-0.3, -0.25) is 4.79 Å². The first kappa shape index (κ1) is 14.1. The molecule has 112 valence electrons. The molecule has 2 aliphatic heterocycles. The average molecular weight is 289 g/mol. The molecule has 0 spiro atoms. The number of carboxylic acids is 1. The minimum atomic E-state index is -0.985. The van der Waals surface area contributed by atoms with Crippen LogP contribution in [0.25, 0.3) is 0 Å². The molecule has 0 bridgehead atoms. The van der Waals surface area contributed by atoms with E-state index in [1.807, 2.05) is 25.1 Å². The Morgan fingerprint density at radius 2 is 2.10 bits per heavy atom. The van der Waals surface area contributed by atoms with Gasteiger partial charge < -0.3 is 14.7 Å². The quantitative estimate of drug-likeness (QED) is 0.898. The molecule has 3 unspecified atom stereocenters.